The number of H-pyrrole nitrogens is 1. The molecule has 1 aromatic carbocycles. The van der Waals surface area contributed by atoms with Gasteiger partial charge in [-0.2, -0.15) is 5.10 Å². The average molecular weight is 258 g/mol. The number of oxazole rings is 1. The third kappa shape index (κ3) is 2.12. The smallest absolute Gasteiger partial charge is 0.408 e. The van der Waals surface area contributed by atoms with E-state index in [4.69, 9.17) is 4.42 Å². The molecule has 2 N–H and O–H groups in total. The van der Waals surface area contributed by atoms with E-state index < -0.39 is 5.76 Å². The number of nitrogens with one attached hydrogen (secondary N) is 2. The molecule has 6 heteroatoms. The van der Waals surface area contributed by atoms with Gasteiger partial charge in [0, 0.05) is 30.5 Å². The summed E-state index contributed by atoms with van der Waals surface area (Å²) in [6.45, 7) is 2.72. The van der Waals surface area contributed by atoms with Crippen LogP contribution in [0.4, 0.5) is 5.69 Å². The van der Waals surface area contributed by atoms with Crippen molar-refractivity contribution in [3.05, 3.63) is 46.2 Å². The Hall–Kier alpha value is -2.50. The van der Waals surface area contributed by atoms with E-state index in [1.807, 2.05) is 37.0 Å². The molecular formula is C13H14N4O2. The molecule has 0 fully saturated rings. The molecule has 0 bridgehead atoms. The lowest BCUT2D eigenvalue weighted by Gasteiger charge is -2.05. The number of benzene rings is 1. The number of hydrogen-bond donors (Lipinski definition) is 2. The average Bonchev–Trinajstić information content (AvgIpc) is 2.90. The highest BCUT2D eigenvalue weighted by atomic mass is 16.4. The molecule has 0 aliphatic heterocycles. The molecule has 3 rings (SSSR count). The van der Waals surface area contributed by atoms with Crippen molar-refractivity contribution in [3.8, 4) is 0 Å². The number of nitrogens with zero attached hydrogens (tertiary/aromatic N) is 2. The van der Waals surface area contributed by atoms with E-state index in [1.54, 1.807) is 6.07 Å². The summed E-state index contributed by atoms with van der Waals surface area (Å²) < 4.78 is 6.80. The monoisotopic (exact) mass is 258 g/mol. The van der Waals surface area contributed by atoms with Crippen molar-refractivity contribution in [2.24, 2.45) is 7.05 Å². The molecule has 0 atom stereocenters. The summed E-state index contributed by atoms with van der Waals surface area (Å²) >= 11 is 0. The number of anilines is 1. The van der Waals surface area contributed by atoms with Gasteiger partial charge in [-0.05, 0) is 25.1 Å². The Bertz CT molecular complexity index is 781. The maximum absolute atomic E-state index is 11.1. The molecule has 0 saturated carbocycles. The molecule has 2 aromatic heterocycles. The van der Waals surface area contributed by atoms with Gasteiger partial charge in [0.2, 0.25) is 0 Å². The maximum Gasteiger partial charge on any atom is 0.417 e. The van der Waals surface area contributed by atoms with Crippen LogP contribution in [0.2, 0.25) is 0 Å². The van der Waals surface area contributed by atoms with Gasteiger partial charge in [0.15, 0.2) is 5.58 Å². The number of fused-ring (bicyclic) bond motifs is 1. The van der Waals surface area contributed by atoms with E-state index in [0.717, 1.165) is 16.9 Å². The zero-order valence-corrected chi connectivity index (χ0v) is 10.7. The molecule has 0 amide bonds. The number of aryl methyl sites for hydroxylation is 1. The SMILES string of the molecule is Cc1c(CNc2ccc3oc(=O)[nH]c3c2)cnn1C. The van der Waals surface area contributed by atoms with E-state index in [-0.39, 0.29) is 0 Å². The number of rotatable bonds is 3. The van der Waals surface area contributed by atoms with Crippen molar-refractivity contribution < 1.29 is 4.42 Å². The van der Waals surface area contributed by atoms with Crippen molar-refractivity contribution in [2.75, 3.05) is 5.32 Å². The van der Waals surface area contributed by atoms with Gasteiger partial charge in [0.1, 0.15) is 0 Å². The molecule has 0 unspecified atom stereocenters. The number of hydrogen-bond acceptors (Lipinski definition) is 4. The van der Waals surface area contributed by atoms with Crippen LogP contribution in [-0.2, 0) is 13.6 Å². The van der Waals surface area contributed by atoms with Crippen LogP contribution in [0.5, 0.6) is 0 Å². The van der Waals surface area contributed by atoms with Gasteiger partial charge in [0.05, 0.1) is 11.7 Å². The van der Waals surface area contributed by atoms with E-state index in [0.29, 0.717) is 17.6 Å². The lowest BCUT2D eigenvalue weighted by molar-refractivity contribution is 0.555. The van der Waals surface area contributed by atoms with Gasteiger partial charge in [-0.1, -0.05) is 0 Å². The standard InChI is InChI=1S/C13H14N4O2/c1-8-9(7-15-17(8)2)6-14-10-3-4-12-11(5-10)16-13(18)19-12/h3-5,7,14H,6H2,1-2H3,(H,16,18). The Kier molecular flexibility index (Phi) is 2.63. The fraction of sp³-hybridized carbons (Fsp3) is 0.231. The number of aromatic nitrogens is 3. The minimum absolute atomic E-state index is 0.435. The maximum atomic E-state index is 11.1. The van der Waals surface area contributed by atoms with Crippen LogP contribution in [0.15, 0.2) is 33.6 Å². The van der Waals surface area contributed by atoms with Gasteiger partial charge >= 0.3 is 5.76 Å². The Labute approximate surface area is 109 Å². The molecular weight excluding hydrogens is 244 g/mol. The lowest BCUT2D eigenvalue weighted by atomic mass is 10.2. The summed E-state index contributed by atoms with van der Waals surface area (Å²) in [5.41, 5.74) is 4.45. The van der Waals surface area contributed by atoms with Crippen molar-refractivity contribution in [2.45, 2.75) is 13.5 Å². The van der Waals surface area contributed by atoms with E-state index in [2.05, 4.69) is 15.4 Å². The summed E-state index contributed by atoms with van der Waals surface area (Å²) in [7, 11) is 1.92. The molecule has 98 valence electrons. The molecule has 6 nitrogen and oxygen atoms in total. The predicted molar refractivity (Wildman–Crippen MR) is 72.1 cm³/mol. The highest BCUT2D eigenvalue weighted by Crippen LogP contribution is 2.17. The van der Waals surface area contributed by atoms with Crippen molar-refractivity contribution in [1.82, 2.24) is 14.8 Å². The Balaban J connectivity index is 1.81. The fourth-order valence-corrected chi connectivity index (χ4v) is 1.98. The molecule has 3 aromatic rings. The van der Waals surface area contributed by atoms with Crippen LogP contribution < -0.4 is 11.1 Å². The van der Waals surface area contributed by atoms with E-state index >= 15 is 0 Å². The van der Waals surface area contributed by atoms with E-state index in [9.17, 15) is 4.79 Å². The predicted octanol–water partition coefficient (Wildman–Crippen LogP) is 1.78. The van der Waals surface area contributed by atoms with Crippen molar-refractivity contribution >= 4 is 16.8 Å². The van der Waals surface area contributed by atoms with Crippen LogP contribution >= 0.6 is 0 Å². The molecule has 2 heterocycles. The second-order valence-electron chi connectivity index (χ2n) is 4.46. The summed E-state index contributed by atoms with van der Waals surface area (Å²) in [4.78, 5) is 13.7. The minimum Gasteiger partial charge on any atom is -0.408 e. The van der Waals surface area contributed by atoms with Crippen LogP contribution in [-0.4, -0.2) is 14.8 Å². The van der Waals surface area contributed by atoms with Crippen molar-refractivity contribution in [3.63, 3.8) is 0 Å². The third-order valence-corrected chi connectivity index (χ3v) is 3.24. The third-order valence-electron chi connectivity index (χ3n) is 3.24. The molecule has 0 saturated heterocycles. The molecule has 0 spiro atoms. The Morgan fingerprint density at radius 3 is 3.05 bits per heavy atom. The van der Waals surface area contributed by atoms with Gasteiger partial charge in [0.25, 0.3) is 0 Å². The Morgan fingerprint density at radius 1 is 1.47 bits per heavy atom. The second-order valence-corrected chi connectivity index (χ2v) is 4.46. The fourth-order valence-electron chi connectivity index (χ4n) is 1.98. The summed E-state index contributed by atoms with van der Waals surface area (Å²) in [5, 5.41) is 7.50. The first-order valence-electron chi connectivity index (χ1n) is 5.98. The quantitative estimate of drug-likeness (QED) is 0.750. The molecule has 0 radical (unpaired) electrons. The van der Waals surface area contributed by atoms with Gasteiger partial charge in [-0.25, -0.2) is 4.79 Å². The molecule has 19 heavy (non-hydrogen) atoms. The molecule has 0 aliphatic carbocycles. The first-order chi connectivity index (χ1) is 9.13. The first kappa shape index (κ1) is 11.6. The van der Waals surface area contributed by atoms with Crippen LogP contribution in [0.3, 0.4) is 0 Å². The van der Waals surface area contributed by atoms with E-state index in [1.165, 1.54) is 0 Å². The largest absolute Gasteiger partial charge is 0.417 e. The van der Waals surface area contributed by atoms with Crippen LogP contribution in [0.25, 0.3) is 11.1 Å². The lowest BCUT2D eigenvalue weighted by Crippen LogP contribution is -2.01. The highest BCUT2D eigenvalue weighted by Gasteiger charge is 2.05. The zero-order valence-electron chi connectivity index (χ0n) is 10.7. The van der Waals surface area contributed by atoms with Gasteiger partial charge in [-0.15, -0.1) is 0 Å². The van der Waals surface area contributed by atoms with Gasteiger partial charge in [-0.3, -0.25) is 9.67 Å². The zero-order chi connectivity index (χ0) is 13.4. The van der Waals surface area contributed by atoms with Crippen molar-refractivity contribution in [1.29, 1.82) is 0 Å². The highest BCUT2D eigenvalue weighted by molar-refractivity contribution is 5.76. The Morgan fingerprint density at radius 2 is 2.32 bits per heavy atom. The first-order valence-corrected chi connectivity index (χ1v) is 5.98. The summed E-state index contributed by atoms with van der Waals surface area (Å²) in [6, 6.07) is 5.50. The van der Waals surface area contributed by atoms with Crippen LogP contribution in [0.1, 0.15) is 11.3 Å². The topological polar surface area (TPSA) is 75.8 Å². The summed E-state index contributed by atoms with van der Waals surface area (Å²) in [6.07, 6.45) is 1.85. The minimum atomic E-state index is -0.435. The number of aromatic amines is 1. The van der Waals surface area contributed by atoms with Crippen LogP contribution in [0, 0.1) is 6.92 Å². The van der Waals surface area contributed by atoms with Gasteiger partial charge < -0.3 is 9.73 Å². The summed E-state index contributed by atoms with van der Waals surface area (Å²) in [5.74, 6) is -0.435. The molecule has 0 aliphatic rings. The second kappa shape index (κ2) is 4.31. The normalized spacial score (nSPS) is 11.1.